The van der Waals surface area contributed by atoms with E-state index in [9.17, 15) is 14.7 Å². The van der Waals surface area contributed by atoms with Gasteiger partial charge in [0.25, 0.3) is 0 Å². The lowest BCUT2D eigenvalue weighted by atomic mass is 9.98. The number of hydrogen-bond donors (Lipinski definition) is 2. The third-order valence-electron chi connectivity index (χ3n) is 7.22. The van der Waals surface area contributed by atoms with Gasteiger partial charge in [0, 0.05) is 0 Å². The van der Waals surface area contributed by atoms with E-state index in [0.717, 1.165) is 5.56 Å². The molecule has 9 heteroatoms. The molecule has 2 rings (SSSR count). The maximum absolute atomic E-state index is 12.9. The van der Waals surface area contributed by atoms with Crippen LogP contribution in [0.4, 0.5) is 4.79 Å². The minimum atomic E-state index is -2.27. The van der Waals surface area contributed by atoms with Gasteiger partial charge in [0.2, 0.25) is 0 Å². The SMILES string of the molecule is COC(=O)c1ccc(CC(O)CC[C@@H](NC(=O)OC(C)(C)C)[C@@H](COc2ccccc2)O[Si](C)(C)C(C)(C)C)cc1. The summed E-state index contributed by atoms with van der Waals surface area (Å²) < 4.78 is 23.3. The Labute approximate surface area is 246 Å². The number of para-hydroxylation sites is 1. The number of ether oxygens (including phenoxy) is 3. The lowest BCUT2D eigenvalue weighted by molar-refractivity contribution is 0.0336. The smallest absolute Gasteiger partial charge is 0.407 e. The zero-order chi connectivity index (χ0) is 30.8. The van der Waals surface area contributed by atoms with Gasteiger partial charge in [0.15, 0.2) is 8.32 Å². The first-order valence-electron chi connectivity index (χ1n) is 14.2. The Balaban J connectivity index is 2.25. The van der Waals surface area contributed by atoms with Crippen LogP contribution in [-0.4, -0.2) is 63.1 Å². The van der Waals surface area contributed by atoms with Crippen LogP contribution in [0.5, 0.6) is 5.75 Å². The van der Waals surface area contributed by atoms with E-state index in [4.69, 9.17) is 18.6 Å². The molecule has 0 aliphatic carbocycles. The highest BCUT2D eigenvalue weighted by Gasteiger charge is 2.41. The van der Waals surface area contributed by atoms with Crippen molar-refractivity contribution < 1.29 is 33.3 Å². The second-order valence-corrected chi connectivity index (χ2v) is 17.7. The van der Waals surface area contributed by atoms with Gasteiger partial charge in [-0.05, 0) is 88.0 Å². The van der Waals surface area contributed by atoms with Crippen molar-refractivity contribution in [3.8, 4) is 5.75 Å². The number of carbonyl (C=O) groups excluding carboxylic acids is 2. The summed E-state index contributed by atoms with van der Waals surface area (Å²) in [5, 5.41) is 13.9. The van der Waals surface area contributed by atoms with Crippen molar-refractivity contribution in [2.75, 3.05) is 13.7 Å². The fourth-order valence-corrected chi connectivity index (χ4v) is 5.28. The summed E-state index contributed by atoms with van der Waals surface area (Å²) in [5.74, 6) is 0.307. The molecule has 2 N–H and O–H groups in total. The Bertz CT molecular complexity index is 1090. The molecule has 0 radical (unpaired) electrons. The Morgan fingerprint density at radius 3 is 2.07 bits per heavy atom. The van der Waals surface area contributed by atoms with Crippen molar-refractivity contribution in [2.45, 2.75) is 103 Å². The number of alkyl carbamates (subject to hydrolysis) is 1. The average molecular weight is 588 g/mol. The standard InChI is InChI=1S/C32H49NO7Si/c1-31(2,3)39-30(36)33-27(20-19-25(34)21-23-15-17-24(18-16-23)29(35)37-7)28(40-41(8,9)32(4,5)6)22-38-26-13-11-10-12-14-26/h10-18,25,27-28,34H,19-22H2,1-9H3,(H,33,36)/t25?,27-,28-/m1/s1. The highest BCUT2D eigenvalue weighted by Crippen LogP contribution is 2.38. The second kappa shape index (κ2) is 14.8. The topological polar surface area (TPSA) is 103 Å². The molecule has 0 spiro atoms. The number of carbonyl (C=O) groups is 2. The van der Waals surface area contributed by atoms with Crippen LogP contribution >= 0.6 is 0 Å². The predicted octanol–water partition coefficient (Wildman–Crippen LogP) is 6.52. The molecule has 41 heavy (non-hydrogen) atoms. The molecule has 0 aliphatic rings. The maximum Gasteiger partial charge on any atom is 0.407 e. The third-order valence-corrected chi connectivity index (χ3v) is 11.7. The summed E-state index contributed by atoms with van der Waals surface area (Å²) in [6.45, 7) is 16.5. The number of aliphatic hydroxyl groups excluding tert-OH is 1. The van der Waals surface area contributed by atoms with Gasteiger partial charge in [0.1, 0.15) is 18.0 Å². The van der Waals surface area contributed by atoms with Gasteiger partial charge in [0.05, 0.1) is 30.9 Å². The van der Waals surface area contributed by atoms with Gasteiger partial charge >= 0.3 is 12.1 Å². The van der Waals surface area contributed by atoms with Gasteiger partial charge in [-0.2, -0.15) is 0 Å². The van der Waals surface area contributed by atoms with Gasteiger partial charge in [-0.3, -0.25) is 0 Å². The van der Waals surface area contributed by atoms with Crippen LogP contribution in [0.15, 0.2) is 54.6 Å². The summed E-state index contributed by atoms with van der Waals surface area (Å²) in [6.07, 6.45) is -0.450. The molecular formula is C32H49NO7Si. The van der Waals surface area contributed by atoms with Crippen LogP contribution < -0.4 is 10.1 Å². The van der Waals surface area contributed by atoms with Crippen LogP contribution in [0.2, 0.25) is 18.1 Å². The van der Waals surface area contributed by atoms with Crippen LogP contribution in [0.3, 0.4) is 0 Å². The fraction of sp³-hybridized carbons (Fsp3) is 0.562. The van der Waals surface area contributed by atoms with Crippen LogP contribution in [-0.2, 0) is 20.3 Å². The minimum absolute atomic E-state index is 0.0651. The minimum Gasteiger partial charge on any atom is -0.491 e. The van der Waals surface area contributed by atoms with Crippen molar-refractivity contribution in [1.82, 2.24) is 5.32 Å². The predicted molar refractivity (Wildman–Crippen MR) is 164 cm³/mol. The molecule has 1 unspecified atom stereocenters. The molecule has 0 aromatic heterocycles. The first-order valence-corrected chi connectivity index (χ1v) is 17.1. The fourth-order valence-electron chi connectivity index (χ4n) is 3.93. The van der Waals surface area contributed by atoms with Crippen molar-refractivity contribution in [2.24, 2.45) is 0 Å². The van der Waals surface area contributed by atoms with E-state index in [0.29, 0.717) is 30.6 Å². The Morgan fingerprint density at radius 1 is 0.927 bits per heavy atom. The number of nitrogens with one attached hydrogen (secondary N) is 1. The van der Waals surface area contributed by atoms with E-state index >= 15 is 0 Å². The molecule has 8 nitrogen and oxygen atoms in total. The quantitative estimate of drug-likeness (QED) is 0.203. The van der Waals surface area contributed by atoms with E-state index in [1.807, 2.05) is 63.2 Å². The van der Waals surface area contributed by atoms with E-state index in [1.165, 1.54) is 7.11 Å². The number of hydrogen-bond acceptors (Lipinski definition) is 7. The molecule has 0 heterocycles. The molecule has 0 aliphatic heterocycles. The monoisotopic (exact) mass is 587 g/mol. The maximum atomic E-state index is 12.9. The number of benzene rings is 2. The summed E-state index contributed by atoms with van der Waals surface area (Å²) in [6, 6.07) is 16.0. The van der Waals surface area contributed by atoms with Crippen LogP contribution in [0.1, 0.15) is 70.3 Å². The summed E-state index contributed by atoms with van der Waals surface area (Å²) >= 11 is 0. The largest absolute Gasteiger partial charge is 0.491 e. The number of amides is 1. The second-order valence-electron chi connectivity index (χ2n) is 12.9. The third kappa shape index (κ3) is 11.9. The first-order chi connectivity index (χ1) is 19.0. The zero-order valence-electron chi connectivity index (χ0n) is 26.2. The van der Waals surface area contributed by atoms with Gasteiger partial charge in [-0.25, -0.2) is 9.59 Å². The summed E-state index contributed by atoms with van der Waals surface area (Å²) in [4.78, 5) is 24.7. The van der Waals surface area contributed by atoms with Gasteiger partial charge < -0.3 is 29.1 Å². The van der Waals surface area contributed by atoms with Crippen LogP contribution in [0, 0.1) is 0 Å². The number of rotatable bonds is 13. The molecule has 3 atom stereocenters. The first kappa shape index (κ1) is 34.3. The van der Waals surface area contributed by atoms with Gasteiger partial charge in [-0.15, -0.1) is 0 Å². The Kier molecular flexibility index (Phi) is 12.4. The van der Waals surface area contributed by atoms with Gasteiger partial charge in [-0.1, -0.05) is 51.1 Å². The molecule has 2 aromatic carbocycles. The highest BCUT2D eigenvalue weighted by atomic mass is 28.4. The molecular weight excluding hydrogens is 538 g/mol. The Morgan fingerprint density at radius 2 is 1.54 bits per heavy atom. The lowest BCUT2D eigenvalue weighted by Crippen LogP contribution is -2.54. The van der Waals surface area contributed by atoms with E-state index < -0.39 is 44.2 Å². The van der Waals surface area contributed by atoms with E-state index in [1.54, 1.807) is 12.1 Å². The number of methoxy groups -OCH3 is 1. The highest BCUT2D eigenvalue weighted by molar-refractivity contribution is 6.74. The van der Waals surface area contributed by atoms with Crippen molar-refractivity contribution in [3.05, 3.63) is 65.7 Å². The van der Waals surface area contributed by atoms with Crippen molar-refractivity contribution in [3.63, 3.8) is 0 Å². The lowest BCUT2D eigenvalue weighted by Gasteiger charge is -2.41. The average Bonchev–Trinajstić information content (AvgIpc) is 2.87. The van der Waals surface area contributed by atoms with E-state index in [2.05, 4.69) is 39.2 Å². The molecule has 1 amide bonds. The van der Waals surface area contributed by atoms with E-state index in [-0.39, 0.29) is 11.6 Å². The zero-order valence-corrected chi connectivity index (χ0v) is 27.2. The molecule has 0 saturated heterocycles. The summed E-state index contributed by atoms with van der Waals surface area (Å²) in [5.41, 5.74) is 0.681. The molecule has 0 bridgehead atoms. The summed E-state index contributed by atoms with van der Waals surface area (Å²) in [7, 11) is -0.932. The van der Waals surface area contributed by atoms with Crippen molar-refractivity contribution >= 4 is 20.4 Å². The molecule has 228 valence electrons. The molecule has 2 aromatic rings. The number of esters is 1. The molecule has 0 fully saturated rings. The number of aliphatic hydroxyl groups is 1. The Hall–Kier alpha value is -2.88. The molecule has 0 saturated carbocycles. The normalized spacial score (nSPS) is 14.5. The van der Waals surface area contributed by atoms with Crippen LogP contribution in [0.25, 0.3) is 0 Å². The van der Waals surface area contributed by atoms with Crippen molar-refractivity contribution in [1.29, 1.82) is 0 Å².